The molecule has 0 spiro atoms. The van der Waals surface area contributed by atoms with Gasteiger partial charge in [0, 0.05) is 18.1 Å². The van der Waals surface area contributed by atoms with E-state index in [1.807, 2.05) is 0 Å². The number of likely N-dealkylation sites (tertiary alicyclic amines) is 1. The average molecular weight is 212 g/mol. The van der Waals surface area contributed by atoms with Crippen LogP contribution in [-0.4, -0.2) is 29.6 Å². The number of hydrogen-bond donors (Lipinski definition) is 1. The lowest BCUT2D eigenvalue weighted by atomic mass is 9.82. The normalized spacial score (nSPS) is 29.0. The van der Waals surface area contributed by atoms with Crippen LogP contribution in [0.1, 0.15) is 53.4 Å². The average Bonchev–Trinajstić information content (AvgIpc) is 2.20. The van der Waals surface area contributed by atoms with Crippen LogP contribution in [0.4, 0.5) is 0 Å². The SMILES string of the molecule is CCC(C)N1CC(CCN)CCC1(C)C. The molecule has 1 aliphatic heterocycles. The lowest BCUT2D eigenvalue weighted by molar-refractivity contribution is 0.0101. The molecule has 1 heterocycles. The molecule has 0 bridgehead atoms. The molecule has 0 radical (unpaired) electrons. The highest BCUT2D eigenvalue weighted by Crippen LogP contribution is 2.33. The van der Waals surface area contributed by atoms with Crippen molar-refractivity contribution in [1.29, 1.82) is 0 Å². The molecule has 1 fully saturated rings. The molecule has 2 heteroatoms. The Kier molecular flexibility index (Phi) is 4.60. The molecule has 1 rings (SSSR count). The van der Waals surface area contributed by atoms with E-state index in [-0.39, 0.29) is 0 Å². The minimum Gasteiger partial charge on any atom is -0.330 e. The first kappa shape index (κ1) is 13.0. The van der Waals surface area contributed by atoms with Gasteiger partial charge in [0.05, 0.1) is 0 Å². The maximum Gasteiger partial charge on any atom is 0.0156 e. The summed E-state index contributed by atoms with van der Waals surface area (Å²) < 4.78 is 0. The first-order chi connectivity index (χ1) is 7.01. The van der Waals surface area contributed by atoms with Crippen LogP contribution in [0.25, 0.3) is 0 Å². The van der Waals surface area contributed by atoms with Crippen molar-refractivity contribution in [2.45, 2.75) is 65.0 Å². The predicted octanol–water partition coefficient (Wildman–Crippen LogP) is 2.62. The van der Waals surface area contributed by atoms with Gasteiger partial charge in [0.25, 0.3) is 0 Å². The van der Waals surface area contributed by atoms with E-state index in [1.165, 1.54) is 32.2 Å². The fraction of sp³-hybridized carbons (Fsp3) is 1.00. The van der Waals surface area contributed by atoms with Crippen molar-refractivity contribution in [3.05, 3.63) is 0 Å². The standard InChI is InChI=1S/C13H28N2/c1-5-11(2)15-10-12(7-9-14)6-8-13(15,3)4/h11-12H,5-10,14H2,1-4H3. The van der Waals surface area contributed by atoms with Gasteiger partial charge >= 0.3 is 0 Å². The molecule has 0 aromatic heterocycles. The van der Waals surface area contributed by atoms with Gasteiger partial charge in [0.15, 0.2) is 0 Å². The van der Waals surface area contributed by atoms with Crippen molar-refractivity contribution in [1.82, 2.24) is 4.90 Å². The highest BCUT2D eigenvalue weighted by Gasteiger charge is 2.35. The molecular formula is C13H28N2. The number of nitrogens with zero attached hydrogens (tertiary/aromatic N) is 1. The number of nitrogens with two attached hydrogens (primary N) is 1. The van der Waals surface area contributed by atoms with Gasteiger partial charge in [-0.2, -0.15) is 0 Å². The quantitative estimate of drug-likeness (QED) is 0.776. The molecule has 0 aromatic carbocycles. The summed E-state index contributed by atoms with van der Waals surface area (Å²) in [6.45, 7) is 11.5. The van der Waals surface area contributed by atoms with E-state index in [0.717, 1.165) is 12.5 Å². The molecule has 15 heavy (non-hydrogen) atoms. The second kappa shape index (κ2) is 5.31. The Morgan fingerprint density at radius 1 is 1.47 bits per heavy atom. The lowest BCUT2D eigenvalue weighted by Gasteiger charge is -2.48. The predicted molar refractivity (Wildman–Crippen MR) is 66.9 cm³/mol. The summed E-state index contributed by atoms with van der Waals surface area (Å²) in [6.07, 6.45) is 5.13. The molecule has 0 aliphatic carbocycles. The zero-order chi connectivity index (χ0) is 11.5. The van der Waals surface area contributed by atoms with Crippen LogP contribution in [0.5, 0.6) is 0 Å². The van der Waals surface area contributed by atoms with Gasteiger partial charge in [-0.15, -0.1) is 0 Å². The largest absolute Gasteiger partial charge is 0.330 e. The first-order valence-corrected chi connectivity index (χ1v) is 6.48. The first-order valence-electron chi connectivity index (χ1n) is 6.48. The van der Waals surface area contributed by atoms with E-state index in [0.29, 0.717) is 11.6 Å². The molecular weight excluding hydrogens is 184 g/mol. The molecule has 0 saturated carbocycles. The van der Waals surface area contributed by atoms with Crippen LogP contribution < -0.4 is 5.73 Å². The molecule has 0 amide bonds. The molecule has 90 valence electrons. The Hall–Kier alpha value is -0.0800. The van der Waals surface area contributed by atoms with Gasteiger partial charge in [0.2, 0.25) is 0 Å². The van der Waals surface area contributed by atoms with Crippen LogP contribution in [0.15, 0.2) is 0 Å². The summed E-state index contributed by atoms with van der Waals surface area (Å²) in [5.41, 5.74) is 6.05. The Labute approximate surface area is 95.2 Å². The van der Waals surface area contributed by atoms with E-state index in [9.17, 15) is 0 Å². The van der Waals surface area contributed by atoms with Crippen molar-refractivity contribution in [2.75, 3.05) is 13.1 Å². The molecule has 0 aromatic rings. The summed E-state index contributed by atoms with van der Waals surface area (Å²) in [4.78, 5) is 2.69. The summed E-state index contributed by atoms with van der Waals surface area (Å²) in [6, 6.07) is 0.709. The van der Waals surface area contributed by atoms with E-state index >= 15 is 0 Å². The van der Waals surface area contributed by atoms with E-state index in [1.54, 1.807) is 0 Å². The molecule has 2 nitrogen and oxygen atoms in total. The van der Waals surface area contributed by atoms with Gasteiger partial charge in [-0.05, 0) is 58.9 Å². The summed E-state index contributed by atoms with van der Waals surface area (Å²) >= 11 is 0. The zero-order valence-corrected chi connectivity index (χ0v) is 10.9. The number of piperidine rings is 1. The number of rotatable bonds is 4. The van der Waals surface area contributed by atoms with Gasteiger partial charge in [0.1, 0.15) is 0 Å². The van der Waals surface area contributed by atoms with Crippen LogP contribution >= 0.6 is 0 Å². The smallest absolute Gasteiger partial charge is 0.0156 e. The van der Waals surface area contributed by atoms with Crippen molar-refractivity contribution in [2.24, 2.45) is 11.7 Å². The minimum absolute atomic E-state index is 0.389. The van der Waals surface area contributed by atoms with Gasteiger partial charge in [-0.25, -0.2) is 0 Å². The third-order valence-electron chi connectivity index (χ3n) is 4.09. The van der Waals surface area contributed by atoms with Gasteiger partial charge < -0.3 is 5.73 Å². The van der Waals surface area contributed by atoms with Crippen LogP contribution in [0.3, 0.4) is 0 Å². The summed E-state index contributed by atoms with van der Waals surface area (Å²) in [5, 5.41) is 0. The molecule has 2 unspecified atom stereocenters. The van der Waals surface area contributed by atoms with E-state index in [4.69, 9.17) is 5.73 Å². The minimum atomic E-state index is 0.389. The Bertz CT molecular complexity index is 189. The Morgan fingerprint density at radius 2 is 2.13 bits per heavy atom. The van der Waals surface area contributed by atoms with Crippen molar-refractivity contribution in [3.8, 4) is 0 Å². The summed E-state index contributed by atoms with van der Waals surface area (Å²) in [5.74, 6) is 0.831. The maximum atomic E-state index is 5.66. The molecule has 2 atom stereocenters. The van der Waals surface area contributed by atoms with Crippen LogP contribution in [-0.2, 0) is 0 Å². The van der Waals surface area contributed by atoms with E-state index < -0.39 is 0 Å². The maximum absolute atomic E-state index is 5.66. The Morgan fingerprint density at radius 3 is 2.67 bits per heavy atom. The molecule has 1 saturated heterocycles. The summed E-state index contributed by atoms with van der Waals surface area (Å²) in [7, 11) is 0. The highest BCUT2D eigenvalue weighted by molar-refractivity contribution is 4.91. The van der Waals surface area contributed by atoms with Gasteiger partial charge in [-0.3, -0.25) is 4.90 Å². The second-order valence-electron chi connectivity index (χ2n) is 5.70. The Balaban J connectivity index is 2.61. The van der Waals surface area contributed by atoms with Crippen LogP contribution in [0, 0.1) is 5.92 Å². The molecule has 1 aliphatic rings. The topological polar surface area (TPSA) is 29.3 Å². The lowest BCUT2D eigenvalue weighted by Crippen LogP contribution is -2.54. The third kappa shape index (κ3) is 3.18. The van der Waals surface area contributed by atoms with Crippen molar-refractivity contribution in [3.63, 3.8) is 0 Å². The highest BCUT2D eigenvalue weighted by atomic mass is 15.2. The monoisotopic (exact) mass is 212 g/mol. The molecule has 2 N–H and O–H groups in total. The van der Waals surface area contributed by atoms with Crippen molar-refractivity contribution < 1.29 is 0 Å². The third-order valence-corrected chi connectivity index (χ3v) is 4.09. The zero-order valence-electron chi connectivity index (χ0n) is 10.9. The van der Waals surface area contributed by atoms with Gasteiger partial charge in [-0.1, -0.05) is 6.92 Å². The van der Waals surface area contributed by atoms with Crippen molar-refractivity contribution >= 4 is 0 Å². The number of hydrogen-bond acceptors (Lipinski definition) is 2. The van der Waals surface area contributed by atoms with E-state index in [2.05, 4.69) is 32.6 Å². The van der Waals surface area contributed by atoms with Crippen LogP contribution in [0.2, 0.25) is 0 Å². The fourth-order valence-corrected chi connectivity index (χ4v) is 2.79. The second-order valence-corrected chi connectivity index (χ2v) is 5.70. The fourth-order valence-electron chi connectivity index (χ4n) is 2.79.